The van der Waals surface area contributed by atoms with Crippen LogP contribution in [0.5, 0.6) is 17.2 Å². The number of nitrogens with one attached hydrogen (secondary N) is 1. The highest BCUT2D eigenvalue weighted by Crippen LogP contribution is 2.28. The predicted molar refractivity (Wildman–Crippen MR) is 114 cm³/mol. The van der Waals surface area contributed by atoms with Crippen molar-refractivity contribution >= 4 is 15.7 Å². The summed E-state index contributed by atoms with van der Waals surface area (Å²) in [6.07, 6.45) is 0.203. The standard InChI is InChI=1S/C20H29B2NO4/c1-14-5-4-6-17(9-14)27-13-16(24)12-23-20(21,22)11-15-7-8-18(25-2)19(10-15)26-3/h4-10,16,23-24H,11-13,21-22H2,1-3H3. The van der Waals surface area contributed by atoms with Crippen LogP contribution in [0.15, 0.2) is 42.5 Å². The van der Waals surface area contributed by atoms with E-state index in [9.17, 15) is 5.11 Å². The minimum absolute atomic E-state index is 0.191. The van der Waals surface area contributed by atoms with E-state index < -0.39 is 6.10 Å². The summed E-state index contributed by atoms with van der Waals surface area (Å²) in [5.74, 6) is 2.21. The molecule has 0 bridgehead atoms. The fourth-order valence-corrected chi connectivity index (χ4v) is 2.91. The third-order valence-electron chi connectivity index (χ3n) is 4.34. The lowest BCUT2D eigenvalue weighted by atomic mass is 9.59. The Morgan fingerprint density at radius 3 is 2.48 bits per heavy atom. The number of methoxy groups -OCH3 is 2. The molecule has 0 heterocycles. The number of rotatable bonds is 10. The van der Waals surface area contributed by atoms with Crippen molar-refractivity contribution in [3.05, 3.63) is 53.6 Å². The molecule has 1 atom stereocenters. The maximum Gasteiger partial charge on any atom is 0.160 e. The number of ether oxygens (including phenoxy) is 3. The van der Waals surface area contributed by atoms with E-state index >= 15 is 0 Å². The van der Waals surface area contributed by atoms with E-state index in [1.165, 1.54) is 0 Å². The second-order valence-electron chi connectivity index (χ2n) is 7.41. The van der Waals surface area contributed by atoms with Gasteiger partial charge in [0.05, 0.1) is 14.2 Å². The van der Waals surface area contributed by atoms with Crippen molar-refractivity contribution in [2.24, 2.45) is 0 Å². The zero-order valence-corrected chi connectivity index (χ0v) is 16.9. The molecule has 0 spiro atoms. The average Bonchev–Trinajstić information content (AvgIpc) is 2.64. The summed E-state index contributed by atoms with van der Waals surface area (Å²) in [6.45, 7) is 2.72. The van der Waals surface area contributed by atoms with Crippen molar-refractivity contribution in [3.63, 3.8) is 0 Å². The minimum atomic E-state index is -0.588. The maximum atomic E-state index is 10.2. The first-order valence-electron chi connectivity index (χ1n) is 9.16. The molecule has 2 rings (SSSR count). The van der Waals surface area contributed by atoms with Gasteiger partial charge in [-0.25, -0.2) is 0 Å². The molecule has 27 heavy (non-hydrogen) atoms. The monoisotopic (exact) mass is 369 g/mol. The largest absolute Gasteiger partial charge is 0.493 e. The molecule has 0 aliphatic carbocycles. The number of benzene rings is 2. The number of aryl methyl sites for hydroxylation is 1. The molecule has 0 radical (unpaired) electrons. The average molecular weight is 369 g/mol. The molecule has 0 amide bonds. The summed E-state index contributed by atoms with van der Waals surface area (Å²) in [5.41, 5.74) is 2.27. The summed E-state index contributed by atoms with van der Waals surface area (Å²) in [5, 5.41) is 13.5. The number of aliphatic hydroxyl groups excluding tert-OH is 1. The molecule has 0 aromatic heterocycles. The molecule has 0 aliphatic rings. The van der Waals surface area contributed by atoms with Crippen LogP contribution in [0.25, 0.3) is 0 Å². The summed E-state index contributed by atoms with van der Waals surface area (Å²) in [4.78, 5) is 0. The fourth-order valence-electron chi connectivity index (χ4n) is 2.91. The Hall–Kier alpha value is -2.11. The van der Waals surface area contributed by atoms with Crippen LogP contribution < -0.4 is 19.5 Å². The molecule has 1 unspecified atom stereocenters. The first-order valence-corrected chi connectivity index (χ1v) is 9.16. The van der Waals surface area contributed by atoms with Gasteiger partial charge < -0.3 is 24.6 Å². The lowest BCUT2D eigenvalue weighted by Gasteiger charge is -2.28. The number of hydrogen-bond donors (Lipinski definition) is 2. The molecular weight excluding hydrogens is 340 g/mol. The third-order valence-corrected chi connectivity index (χ3v) is 4.34. The summed E-state index contributed by atoms with van der Waals surface area (Å²) >= 11 is 0. The Morgan fingerprint density at radius 1 is 1.07 bits per heavy atom. The van der Waals surface area contributed by atoms with Crippen LogP contribution in [0, 0.1) is 6.92 Å². The van der Waals surface area contributed by atoms with Gasteiger partial charge in [-0.05, 0) is 54.1 Å². The van der Waals surface area contributed by atoms with Crippen molar-refractivity contribution in [3.8, 4) is 17.2 Å². The maximum absolute atomic E-state index is 10.2. The van der Waals surface area contributed by atoms with E-state index in [2.05, 4.69) is 21.0 Å². The quantitative estimate of drug-likeness (QED) is 0.598. The van der Waals surface area contributed by atoms with Gasteiger partial charge in [0.2, 0.25) is 0 Å². The van der Waals surface area contributed by atoms with E-state index in [0.717, 1.165) is 34.8 Å². The highest BCUT2D eigenvalue weighted by Gasteiger charge is 2.20. The van der Waals surface area contributed by atoms with Crippen LogP contribution in [0.3, 0.4) is 0 Å². The summed E-state index contributed by atoms with van der Waals surface area (Å²) in [7, 11) is 7.48. The molecule has 2 aromatic rings. The SMILES string of the molecule is BC(B)(Cc1ccc(OC)c(OC)c1)NCC(O)COc1cccc(C)c1. The first-order chi connectivity index (χ1) is 12.8. The molecule has 0 saturated carbocycles. The summed E-state index contributed by atoms with van der Waals surface area (Å²) < 4.78 is 16.3. The number of aliphatic hydroxyl groups is 1. The molecule has 2 aromatic carbocycles. The molecule has 144 valence electrons. The number of hydrogen-bond acceptors (Lipinski definition) is 5. The van der Waals surface area contributed by atoms with E-state index in [-0.39, 0.29) is 11.9 Å². The Morgan fingerprint density at radius 2 is 1.81 bits per heavy atom. The predicted octanol–water partition coefficient (Wildman–Crippen LogP) is 0.504. The van der Waals surface area contributed by atoms with Crippen LogP contribution in [0.2, 0.25) is 0 Å². The van der Waals surface area contributed by atoms with Crippen LogP contribution >= 0.6 is 0 Å². The van der Waals surface area contributed by atoms with Crippen molar-refractivity contribution in [1.29, 1.82) is 0 Å². The van der Waals surface area contributed by atoms with E-state index in [1.54, 1.807) is 14.2 Å². The zero-order chi connectivity index (χ0) is 19.9. The normalized spacial score (nSPS) is 12.4. The highest BCUT2D eigenvalue weighted by molar-refractivity contribution is 6.40. The lowest BCUT2D eigenvalue weighted by molar-refractivity contribution is 0.104. The Kier molecular flexibility index (Phi) is 7.63. The first kappa shape index (κ1) is 21.2. The van der Waals surface area contributed by atoms with Crippen LogP contribution in [-0.2, 0) is 6.42 Å². The van der Waals surface area contributed by atoms with Crippen molar-refractivity contribution in [2.45, 2.75) is 24.8 Å². The van der Waals surface area contributed by atoms with Crippen molar-refractivity contribution in [1.82, 2.24) is 5.32 Å². The van der Waals surface area contributed by atoms with Gasteiger partial charge in [-0.1, -0.05) is 18.2 Å². The zero-order valence-electron chi connectivity index (χ0n) is 16.9. The van der Waals surface area contributed by atoms with Crippen molar-refractivity contribution < 1.29 is 19.3 Å². The van der Waals surface area contributed by atoms with E-state index in [0.29, 0.717) is 6.54 Å². The van der Waals surface area contributed by atoms with Crippen LogP contribution in [0.1, 0.15) is 11.1 Å². The van der Waals surface area contributed by atoms with Crippen LogP contribution in [-0.4, -0.2) is 59.6 Å². The Bertz CT molecular complexity index is 740. The lowest BCUT2D eigenvalue weighted by Crippen LogP contribution is -2.51. The van der Waals surface area contributed by atoms with Gasteiger partial charge in [0, 0.05) is 6.54 Å². The topological polar surface area (TPSA) is 60.0 Å². The Labute approximate surface area is 163 Å². The van der Waals surface area contributed by atoms with Gasteiger partial charge >= 0.3 is 0 Å². The van der Waals surface area contributed by atoms with Gasteiger partial charge in [-0.15, -0.1) is 0 Å². The molecule has 7 heteroatoms. The highest BCUT2D eigenvalue weighted by atomic mass is 16.5. The molecule has 0 saturated heterocycles. The smallest absolute Gasteiger partial charge is 0.160 e. The molecule has 2 N–H and O–H groups in total. The fraction of sp³-hybridized carbons (Fsp3) is 0.400. The van der Waals surface area contributed by atoms with Gasteiger partial charge in [0.1, 0.15) is 34.2 Å². The van der Waals surface area contributed by atoms with E-state index in [4.69, 9.17) is 14.2 Å². The van der Waals surface area contributed by atoms with Gasteiger partial charge in [-0.3, -0.25) is 0 Å². The van der Waals surface area contributed by atoms with Crippen LogP contribution in [0.4, 0.5) is 0 Å². The second kappa shape index (κ2) is 9.72. The molecular formula is C20H29B2NO4. The van der Waals surface area contributed by atoms with Gasteiger partial charge in [0.15, 0.2) is 11.5 Å². The summed E-state index contributed by atoms with van der Waals surface area (Å²) in [6, 6.07) is 13.7. The molecule has 5 nitrogen and oxygen atoms in total. The third kappa shape index (κ3) is 6.85. The van der Waals surface area contributed by atoms with Gasteiger partial charge in [-0.2, -0.15) is 0 Å². The minimum Gasteiger partial charge on any atom is -0.493 e. The Balaban J connectivity index is 1.84. The molecule has 0 aliphatic heterocycles. The van der Waals surface area contributed by atoms with Gasteiger partial charge in [0.25, 0.3) is 0 Å². The second-order valence-corrected chi connectivity index (χ2v) is 7.41. The van der Waals surface area contributed by atoms with Crippen molar-refractivity contribution in [2.75, 3.05) is 27.4 Å². The molecule has 0 fully saturated rings. The van der Waals surface area contributed by atoms with E-state index in [1.807, 2.05) is 49.4 Å².